The SMILES string of the molecule is Clc1ccc(COCc2ccc(Cl)nc2)cc1. The molecule has 0 spiro atoms. The molecule has 1 aromatic carbocycles. The summed E-state index contributed by atoms with van der Waals surface area (Å²) < 4.78 is 5.56. The lowest BCUT2D eigenvalue weighted by Crippen LogP contribution is -1.94. The minimum Gasteiger partial charge on any atom is -0.372 e. The van der Waals surface area contributed by atoms with E-state index in [9.17, 15) is 0 Å². The minimum absolute atomic E-state index is 0.492. The summed E-state index contributed by atoms with van der Waals surface area (Å²) in [6.45, 7) is 1.08. The van der Waals surface area contributed by atoms with E-state index >= 15 is 0 Å². The number of rotatable bonds is 4. The first-order valence-corrected chi connectivity index (χ1v) is 5.92. The Labute approximate surface area is 110 Å². The van der Waals surface area contributed by atoms with Crippen LogP contribution in [0.1, 0.15) is 11.1 Å². The molecule has 88 valence electrons. The van der Waals surface area contributed by atoms with Gasteiger partial charge in [0.05, 0.1) is 13.2 Å². The molecule has 0 saturated carbocycles. The summed E-state index contributed by atoms with van der Waals surface area (Å²) in [6, 6.07) is 11.2. The predicted octanol–water partition coefficient (Wildman–Crippen LogP) is 4.11. The van der Waals surface area contributed by atoms with Gasteiger partial charge in [-0.15, -0.1) is 0 Å². The van der Waals surface area contributed by atoms with Crippen molar-refractivity contribution in [3.8, 4) is 0 Å². The lowest BCUT2D eigenvalue weighted by atomic mass is 10.2. The molecule has 0 aliphatic rings. The van der Waals surface area contributed by atoms with Crippen molar-refractivity contribution in [2.24, 2.45) is 0 Å². The molecule has 0 amide bonds. The lowest BCUT2D eigenvalue weighted by molar-refractivity contribution is 0.107. The molecule has 2 rings (SSSR count). The van der Waals surface area contributed by atoms with E-state index in [0.717, 1.165) is 16.1 Å². The van der Waals surface area contributed by atoms with E-state index in [1.807, 2.05) is 30.3 Å². The third-order valence-electron chi connectivity index (χ3n) is 2.24. The van der Waals surface area contributed by atoms with Crippen molar-refractivity contribution in [3.05, 3.63) is 63.9 Å². The van der Waals surface area contributed by atoms with Gasteiger partial charge in [0.2, 0.25) is 0 Å². The summed E-state index contributed by atoms with van der Waals surface area (Å²) in [7, 11) is 0. The number of hydrogen-bond acceptors (Lipinski definition) is 2. The number of aromatic nitrogens is 1. The van der Waals surface area contributed by atoms with E-state index in [1.54, 1.807) is 12.3 Å². The second kappa shape index (κ2) is 6.01. The molecule has 0 unspecified atom stereocenters. The maximum atomic E-state index is 5.79. The Morgan fingerprint density at radius 1 is 0.882 bits per heavy atom. The highest BCUT2D eigenvalue weighted by Gasteiger charge is 1.96. The highest BCUT2D eigenvalue weighted by Crippen LogP contribution is 2.11. The smallest absolute Gasteiger partial charge is 0.129 e. The van der Waals surface area contributed by atoms with Crippen LogP contribution in [0.5, 0.6) is 0 Å². The number of nitrogens with zero attached hydrogens (tertiary/aromatic N) is 1. The van der Waals surface area contributed by atoms with Gasteiger partial charge in [0.15, 0.2) is 0 Å². The van der Waals surface area contributed by atoms with Crippen LogP contribution in [-0.2, 0) is 18.0 Å². The Hall–Kier alpha value is -1.09. The summed E-state index contributed by atoms with van der Waals surface area (Å²) in [6.07, 6.45) is 1.71. The predicted molar refractivity (Wildman–Crippen MR) is 69.2 cm³/mol. The maximum Gasteiger partial charge on any atom is 0.129 e. The van der Waals surface area contributed by atoms with Crippen molar-refractivity contribution in [2.75, 3.05) is 0 Å². The first kappa shape index (κ1) is 12.4. The summed E-state index contributed by atoms with van der Waals surface area (Å²) in [5.41, 5.74) is 2.10. The summed E-state index contributed by atoms with van der Waals surface area (Å²) in [5, 5.41) is 1.22. The fourth-order valence-electron chi connectivity index (χ4n) is 1.36. The van der Waals surface area contributed by atoms with E-state index in [4.69, 9.17) is 27.9 Å². The Morgan fingerprint density at radius 2 is 1.53 bits per heavy atom. The average Bonchev–Trinajstić information content (AvgIpc) is 2.34. The number of benzene rings is 1. The summed E-state index contributed by atoms with van der Waals surface area (Å²) in [5.74, 6) is 0. The topological polar surface area (TPSA) is 22.1 Å². The van der Waals surface area contributed by atoms with Gasteiger partial charge in [0.25, 0.3) is 0 Å². The van der Waals surface area contributed by atoms with E-state index in [-0.39, 0.29) is 0 Å². The van der Waals surface area contributed by atoms with Crippen LogP contribution in [0.25, 0.3) is 0 Å². The molecule has 2 aromatic rings. The van der Waals surface area contributed by atoms with Crippen LogP contribution in [0.2, 0.25) is 10.2 Å². The van der Waals surface area contributed by atoms with Gasteiger partial charge < -0.3 is 4.74 Å². The molecule has 0 radical (unpaired) electrons. The second-order valence-corrected chi connectivity index (χ2v) is 4.43. The molecule has 0 N–H and O–H groups in total. The van der Waals surface area contributed by atoms with Gasteiger partial charge in [0.1, 0.15) is 5.15 Å². The standard InChI is InChI=1S/C13H11Cl2NO/c14-12-4-1-10(2-5-12)8-17-9-11-3-6-13(15)16-7-11/h1-7H,8-9H2. The van der Waals surface area contributed by atoms with Crippen LogP contribution in [0, 0.1) is 0 Å². The quantitative estimate of drug-likeness (QED) is 0.778. The van der Waals surface area contributed by atoms with Gasteiger partial charge in [0, 0.05) is 11.2 Å². The van der Waals surface area contributed by atoms with Crippen molar-refractivity contribution < 1.29 is 4.74 Å². The van der Waals surface area contributed by atoms with Crippen molar-refractivity contribution in [1.29, 1.82) is 0 Å². The van der Waals surface area contributed by atoms with E-state index in [1.165, 1.54) is 0 Å². The zero-order valence-corrected chi connectivity index (χ0v) is 10.6. The number of pyridine rings is 1. The Kier molecular flexibility index (Phi) is 4.37. The highest BCUT2D eigenvalue weighted by molar-refractivity contribution is 6.30. The van der Waals surface area contributed by atoms with Gasteiger partial charge >= 0.3 is 0 Å². The second-order valence-electron chi connectivity index (χ2n) is 3.61. The Bertz CT molecular complexity index is 422. The summed E-state index contributed by atoms with van der Waals surface area (Å²) >= 11 is 11.5. The number of halogens is 2. The minimum atomic E-state index is 0.492. The zero-order valence-electron chi connectivity index (χ0n) is 9.07. The van der Waals surface area contributed by atoms with Crippen LogP contribution in [0.4, 0.5) is 0 Å². The van der Waals surface area contributed by atoms with E-state index < -0.39 is 0 Å². The molecule has 0 aliphatic heterocycles. The zero-order chi connectivity index (χ0) is 12.1. The third-order valence-corrected chi connectivity index (χ3v) is 2.71. The summed E-state index contributed by atoms with van der Waals surface area (Å²) in [4.78, 5) is 3.98. The van der Waals surface area contributed by atoms with Crippen LogP contribution in [0.15, 0.2) is 42.6 Å². The first-order chi connectivity index (χ1) is 8.24. The van der Waals surface area contributed by atoms with Gasteiger partial charge in [-0.3, -0.25) is 0 Å². The fraction of sp³-hybridized carbons (Fsp3) is 0.154. The third kappa shape index (κ3) is 4.00. The Morgan fingerprint density at radius 3 is 2.18 bits per heavy atom. The van der Waals surface area contributed by atoms with Crippen molar-refractivity contribution in [1.82, 2.24) is 4.98 Å². The van der Waals surface area contributed by atoms with E-state index in [0.29, 0.717) is 18.4 Å². The number of ether oxygens (including phenoxy) is 1. The Balaban J connectivity index is 1.83. The molecular formula is C13H11Cl2NO. The lowest BCUT2D eigenvalue weighted by Gasteiger charge is -2.04. The van der Waals surface area contributed by atoms with Crippen molar-refractivity contribution in [3.63, 3.8) is 0 Å². The normalized spacial score (nSPS) is 10.5. The van der Waals surface area contributed by atoms with Crippen LogP contribution < -0.4 is 0 Å². The molecule has 4 heteroatoms. The molecule has 0 fully saturated rings. The monoisotopic (exact) mass is 267 g/mol. The van der Waals surface area contributed by atoms with Crippen LogP contribution in [0.3, 0.4) is 0 Å². The average molecular weight is 268 g/mol. The molecule has 0 saturated heterocycles. The van der Waals surface area contributed by atoms with E-state index in [2.05, 4.69) is 4.98 Å². The molecule has 17 heavy (non-hydrogen) atoms. The molecule has 0 aliphatic carbocycles. The first-order valence-electron chi connectivity index (χ1n) is 5.16. The highest BCUT2D eigenvalue weighted by atomic mass is 35.5. The van der Waals surface area contributed by atoms with Crippen LogP contribution in [-0.4, -0.2) is 4.98 Å². The van der Waals surface area contributed by atoms with Gasteiger partial charge in [-0.05, 0) is 29.3 Å². The fourth-order valence-corrected chi connectivity index (χ4v) is 1.60. The van der Waals surface area contributed by atoms with Gasteiger partial charge in [-0.2, -0.15) is 0 Å². The van der Waals surface area contributed by atoms with Gasteiger partial charge in [-0.1, -0.05) is 41.4 Å². The van der Waals surface area contributed by atoms with Gasteiger partial charge in [-0.25, -0.2) is 4.98 Å². The molecule has 2 nitrogen and oxygen atoms in total. The largest absolute Gasteiger partial charge is 0.372 e. The molecule has 1 heterocycles. The maximum absolute atomic E-state index is 5.79. The molecular weight excluding hydrogens is 257 g/mol. The molecule has 1 aromatic heterocycles. The van der Waals surface area contributed by atoms with Crippen molar-refractivity contribution >= 4 is 23.2 Å². The molecule has 0 atom stereocenters. The van der Waals surface area contributed by atoms with Crippen molar-refractivity contribution in [2.45, 2.75) is 13.2 Å². The number of hydrogen-bond donors (Lipinski definition) is 0. The van der Waals surface area contributed by atoms with Crippen LogP contribution >= 0.6 is 23.2 Å². The molecule has 0 bridgehead atoms.